The van der Waals surface area contributed by atoms with Gasteiger partial charge in [0.1, 0.15) is 11.6 Å². The first-order valence-electron chi connectivity index (χ1n) is 7.73. The number of fused-ring (bicyclic) bond motifs is 1. The number of H-pyrrole nitrogens is 1. The average molecular weight is 308 g/mol. The molecule has 3 aromatic heterocycles. The summed E-state index contributed by atoms with van der Waals surface area (Å²) >= 11 is 0. The third-order valence-corrected chi connectivity index (χ3v) is 4.32. The number of nitrogens with one attached hydrogen (secondary N) is 1. The normalized spacial score (nSPS) is 14.5. The highest BCUT2D eigenvalue weighted by Crippen LogP contribution is 2.42. The maximum absolute atomic E-state index is 12.8. The van der Waals surface area contributed by atoms with E-state index in [-0.39, 0.29) is 11.5 Å². The summed E-state index contributed by atoms with van der Waals surface area (Å²) in [6.45, 7) is 3.92. The lowest BCUT2D eigenvalue weighted by molar-refractivity contribution is 0.574. The van der Waals surface area contributed by atoms with Gasteiger partial charge in [0.05, 0.1) is 18.2 Å². The minimum Gasteiger partial charge on any atom is -0.462 e. The van der Waals surface area contributed by atoms with E-state index in [4.69, 9.17) is 4.42 Å². The molecule has 0 saturated heterocycles. The third-order valence-electron chi connectivity index (χ3n) is 4.32. The Morgan fingerprint density at radius 2 is 2.26 bits per heavy atom. The van der Waals surface area contributed by atoms with Gasteiger partial charge in [0.25, 0.3) is 5.56 Å². The zero-order chi connectivity index (χ0) is 16.1. The number of aromatic amines is 1. The molecule has 3 heterocycles. The predicted molar refractivity (Wildman–Crippen MR) is 84.3 cm³/mol. The fourth-order valence-corrected chi connectivity index (χ4v) is 2.95. The predicted octanol–water partition coefficient (Wildman–Crippen LogP) is 3.16. The molecule has 1 aliphatic rings. The van der Waals surface area contributed by atoms with E-state index in [0.717, 1.165) is 0 Å². The van der Waals surface area contributed by atoms with Crippen molar-refractivity contribution in [1.82, 2.24) is 14.6 Å². The van der Waals surface area contributed by atoms with Gasteiger partial charge in [0, 0.05) is 5.56 Å². The summed E-state index contributed by atoms with van der Waals surface area (Å²) in [6.07, 6.45) is 5.54. The molecule has 1 fully saturated rings. The molecule has 0 atom stereocenters. The molecule has 0 aliphatic heterocycles. The van der Waals surface area contributed by atoms with Gasteiger partial charge < -0.3 is 9.40 Å². The number of hydrogen-bond acceptors (Lipinski definition) is 4. The molecule has 3 aromatic rings. The minimum absolute atomic E-state index is 0.00219. The van der Waals surface area contributed by atoms with Crippen LogP contribution in [-0.2, 0) is 0 Å². The van der Waals surface area contributed by atoms with Crippen LogP contribution < -0.4 is 5.56 Å². The molecule has 0 amide bonds. The van der Waals surface area contributed by atoms with Crippen LogP contribution in [0, 0.1) is 11.3 Å². The van der Waals surface area contributed by atoms with Crippen LogP contribution in [0.1, 0.15) is 55.2 Å². The number of nitriles is 1. The van der Waals surface area contributed by atoms with Gasteiger partial charge in [-0.05, 0) is 36.3 Å². The molecule has 0 bridgehead atoms. The zero-order valence-corrected chi connectivity index (χ0v) is 13.0. The number of nitrogens with zero attached hydrogens (tertiary/aromatic N) is 3. The fourth-order valence-electron chi connectivity index (χ4n) is 2.95. The van der Waals surface area contributed by atoms with Crippen molar-refractivity contribution in [2.24, 2.45) is 0 Å². The minimum atomic E-state index is -0.213. The Kier molecular flexibility index (Phi) is 2.91. The smallest absolute Gasteiger partial charge is 0.278 e. The van der Waals surface area contributed by atoms with Crippen molar-refractivity contribution in [2.45, 2.75) is 38.5 Å². The van der Waals surface area contributed by atoms with Crippen LogP contribution in [-0.4, -0.2) is 14.6 Å². The quantitative estimate of drug-likeness (QED) is 0.805. The van der Waals surface area contributed by atoms with E-state index in [9.17, 15) is 10.1 Å². The van der Waals surface area contributed by atoms with Crippen molar-refractivity contribution in [3.8, 4) is 17.5 Å². The molecule has 1 N–H and O–H groups in total. The van der Waals surface area contributed by atoms with Gasteiger partial charge in [-0.3, -0.25) is 4.79 Å². The zero-order valence-electron chi connectivity index (χ0n) is 13.0. The van der Waals surface area contributed by atoms with Crippen LogP contribution in [0.25, 0.3) is 17.1 Å². The van der Waals surface area contributed by atoms with E-state index >= 15 is 0 Å². The fraction of sp³-hybridized carbons (Fsp3) is 0.353. The van der Waals surface area contributed by atoms with Crippen molar-refractivity contribution in [3.63, 3.8) is 0 Å². The number of furan rings is 1. The summed E-state index contributed by atoms with van der Waals surface area (Å²) in [4.78, 5) is 16.0. The van der Waals surface area contributed by atoms with Crippen molar-refractivity contribution in [2.75, 3.05) is 0 Å². The van der Waals surface area contributed by atoms with Gasteiger partial charge in [0.15, 0.2) is 11.4 Å². The van der Waals surface area contributed by atoms with E-state index in [1.54, 1.807) is 6.26 Å². The number of aromatic nitrogens is 3. The Balaban J connectivity index is 2.00. The van der Waals surface area contributed by atoms with Crippen molar-refractivity contribution < 1.29 is 4.42 Å². The van der Waals surface area contributed by atoms with E-state index < -0.39 is 0 Å². The van der Waals surface area contributed by atoms with Crippen LogP contribution in [0.15, 0.2) is 27.7 Å². The summed E-state index contributed by atoms with van der Waals surface area (Å²) in [5, 5.41) is 13.2. The van der Waals surface area contributed by atoms with Gasteiger partial charge in [0.2, 0.25) is 0 Å². The standard InChI is InChI=1S/C17H16N4O2/c1-9(2)14-15(13-5-11(8-23-13)10-3-4-10)20-16-12(6-18)7-19-21(16)17(14)22/h5,7-10,20H,3-4H2,1-2H3. The van der Waals surface area contributed by atoms with Gasteiger partial charge in [-0.2, -0.15) is 14.9 Å². The summed E-state index contributed by atoms with van der Waals surface area (Å²) in [6, 6.07) is 4.05. The van der Waals surface area contributed by atoms with E-state index in [0.29, 0.717) is 34.1 Å². The highest BCUT2D eigenvalue weighted by molar-refractivity contribution is 5.65. The maximum Gasteiger partial charge on any atom is 0.278 e. The number of rotatable bonds is 3. The second kappa shape index (κ2) is 4.85. The molecule has 0 spiro atoms. The molecule has 0 radical (unpaired) electrons. The Bertz CT molecular complexity index is 996. The molecular weight excluding hydrogens is 292 g/mol. The summed E-state index contributed by atoms with van der Waals surface area (Å²) in [5.41, 5.74) is 2.95. The van der Waals surface area contributed by atoms with E-state index in [2.05, 4.69) is 16.2 Å². The highest BCUT2D eigenvalue weighted by Gasteiger charge is 2.27. The molecule has 4 rings (SSSR count). The molecule has 116 valence electrons. The molecule has 0 unspecified atom stereocenters. The average Bonchev–Trinajstić information content (AvgIpc) is 3.11. The molecule has 6 nitrogen and oxygen atoms in total. The molecular formula is C17H16N4O2. The maximum atomic E-state index is 12.8. The third kappa shape index (κ3) is 2.08. The van der Waals surface area contributed by atoms with Crippen molar-refractivity contribution in [1.29, 1.82) is 5.26 Å². The SMILES string of the molecule is CC(C)c1c(-c2cc(C3CC3)co2)[nH]c2c(C#N)cnn2c1=O. The Morgan fingerprint density at radius 1 is 1.48 bits per heavy atom. The molecule has 6 heteroatoms. The van der Waals surface area contributed by atoms with Crippen LogP contribution in [0.5, 0.6) is 0 Å². The first-order chi connectivity index (χ1) is 11.1. The molecule has 0 aromatic carbocycles. The van der Waals surface area contributed by atoms with Crippen LogP contribution >= 0.6 is 0 Å². The van der Waals surface area contributed by atoms with Crippen molar-refractivity contribution in [3.05, 3.63) is 45.6 Å². The monoisotopic (exact) mass is 308 g/mol. The van der Waals surface area contributed by atoms with Crippen molar-refractivity contribution >= 4 is 5.65 Å². The van der Waals surface area contributed by atoms with Crippen LogP contribution in [0.4, 0.5) is 0 Å². The first kappa shape index (κ1) is 13.8. The van der Waals surface area contributed by atoms with Gasteiger partial charge in [-0.1, -0.05) is 13.8 Å². The number of hydrogen-bond donors (Lipinski definition) is 1. The second-order valence-corrected chi connectivity index (χ2v) is 6.32. The first-order valence-corrected chi connectivity index (χ1v) is 7.73. The summed E-state index contributed by atoms with van der Waals surface area (Å²) < 4.78 is 6.97. The molecule has 1 aliphatic carbocycles. The molecule has 23 heavy (non-hydrogen) atoms. The van der Waals surface area contributed by atoms with Crippen LogP contribution in [0.3, 0.4) is 0 Å². The lowest BCUT2D eigenvalue weighted by Crippen LogP contribution is -2.22. The largest absolute Gasteiger partial charge is 0.462 e. The molecule has 1 saturated carbocycles. The lowest BCUT2D eigenvalue weighted by Gasteiger charge is -2.11. The lowest BCUT2D eigenvalue weighted by atomic mass is 10.0. The topological polar surface area (TPSA) is 87.1 Å². The second-order valence-electron chi connectivity index (χ2n) is 6.32. The van der Waals surface area contributed by atoms with E-state index in [1.165, 1.54) is 29.1 Å². The Labute approximate surface area is 132 Å². The summed E-state index contributed by atoms with van der Waals surface area (Å²) in [5.74, 6) is 1.22. The van der Waals surface area contributed by atoms with E-state index in [1.807, 2.05) is 19.9 Å². The Morgan fingerprint density at radius 3 is 2.91 bits per heavy atom. The van der Waals surface area contributed by atoms with Gasteiger partial charge >= 0.3 is 0 Å². The summed E-state index contributed by atoms with van der Waals surface area (Å²) in [7, 11) is 0. The van der Waals surface area contributed by atoms with Crippen LogP contribution in [0.2, 0.25) is 0 Å². The Hall–Kier alpha value is -2.81. The highest BCUT2D eigenvalue weighted by atomic mass is 16.3. The van der Waals surface area contributed by atoms with Gasteiger partial charge in [-0.25, -0.2) is 0 Å². The van der Waals surface area contributed by atoms with Gasteiger partial charge in [-0.15, -0.1) is 0 Å².